The summed E-state index contributed by atoms with van der Waals surface area (Å²) in [5, 5.41) is 4.77. The number of hydrogen-bond donors (Lipinski definition) is 2. The molecule has 0 atom stereocenters. The molecule has 0 fully saturated rings. The molecule has 0 bridgehead atoms. The van der Waals surface area contributed by atoms with Crippen LogP contribution in [0.5, 0.6) is 5.75 Å². The van der Waals surface area contributed by atoms with Crippen molar-refractivity contribution < 1.29 is 9.53 Å². The van der Waals surface area contributed by atoms with Crippen molar-refractivity contribution in [1.29, 1.82) is 0 Å². The number of fused-ring (bicyclic) bond motifs is 1. The van der Waals surface area contributed by atoms with E-state index in [-0.39, 0.29) is 5.91 Å². The molecule has 1 aromatic heterocycles. The molecule has 0 aliphatic heterocycles. The van der Waals surface area contributed by atoms with E-state index in [9.17, 15) is 4.79 Å². The topological polar surface area (TPSA) is 54.1 Å². The molecule has 3 aromatic rings. The van der Waals surface area contributed by atoms with Crippen molar-refractivity contribution in [3.63, 3.8) is 0 Å². The van der Waals surface area contributed by atoms with Crippen molar-refractivity contribution >= 4 is 28.4 Å². The number of carbonyl (C=O) groups is 1. The Hall–Kier alpha value is -2.46. The monoisotopic (exact) mass is 356 g/mol. The van der Waals surface area contributed by atoms with Crippen LogP contribution in [0.3, 0.4) is 0 Å². The maximum absolute atomic E-state index is 12.1. The molecule has 0 spiro atoms. The van der Waals surface area contributed by atoms with Gasteiger partial charge < -0.3 is 15.0 Å². The van der Waals surface area contributed by atoms with E-state index in [1.165, 1.54) is 0 Å². The number of ether oxygens (including phenoxy) is 1. The number of aromatic nitrogens is 1. The Morgan fingerprint density at radius 1 is 1.08 bits per heavy atom. The minimum Gasteiger partial charge on any atom is -0.494 e. The normalized spacial score (nSPS) is 10.8. The molecule has 130 valence electrons. The number of unbranched alkanes of at least 4 members (excludes halogenated alkanes) is 1. The van der Waals surface area contributed by atoms with Gasteiger partial charge in [0.2, 0.25) is 5.91 Å². The number of halogens is 1. The zero-order valence-corrected chi connectivity index (χ0v) is 14.7. The van der Waals surface area contributed by atoms with Gasteiger partial charge in [-0.25, -0.2) is 0 Å². The lowest BCUT2D eigenvalue weighted by Crippen LogP contribution is -2.26. The highest BCUT2D eigenvalue weighted by atomic mass is 35.5. The van der Waals surface area contributed by atoms with Crippen molar-refractivity contribution in [3.8, 4) is 5.75 Å². The molecule has 0 radical (unpaired) electrons. The second kappa shape index (κ2) is 8.58. The molecule has 2 aromatic carbocycles. The van der Waals surface area contributed by atoms with E-state index in [0.717, 1.165) is 35.1 Å². The smallest absolute Gasteiger partial charge is 0.224 e. The number of aromatic amines is 1. The van der Waals surface area contributed by atoms with Gasteiger partial charge >= 0.3 is 0 Å². The summed E-state index contributed by atoms with van der Waals surface area (Å²) in [7, 11) is 0. The Bertz CT molecular complexity index is 827. The van der Waals surface area contributed by atoms with E-state index < -0.39 is 0 Å². The third-order valence-electron chi connectivity index (χ3n) is 4.00. The van der Waals surface area contributed by atoms with Crippen LogP contribution >= 0.6 is 11.6 Å². The van der Waals surface area contributed by atoms with Crippen LogP contribution in [0.4, 0.5) is 0 Å². The predicted octanol–water partition coefficient (Wildman–Crippen LogP) is 4.34. The second-order valence-corrected chi connectivity index (χ2v) is 6.33. The van der Waals surface area contributed by atoms with Crippen molar-refractivity contribution in [2.75, 3.05) is 13.2 Å². The summed E-state index contributed by atoms with van der Waals surface area (Å²) >= 11 is 5.83. The highest BCUT2D eigenvalue weighted by Crippen LogP contribution is 2.18. The zero-order chi connectivity index (χ0) is 17.5. The van der Waals surface area contributed by atoms with Crippen LogP contribution in [0.25, 0.3) is 10.9 Å². The average molecular weight is 357 g/mol. The first-order valence-corrected chi connectivity index (χ1v) is 8.80. The maximum Gasteiger partial charge on any atom is 0.224 e. The number of para-hydroxylation sites is 1. The van der Waals surface area contributed by atoms with Gasteiger partial charge in [-0.05, 0) is 48.7 Å². The first-order valence-electron chi connectivity index (χ1n) is 8.42. The Morgan fingerprint density at radius 3 is 2.72 bits per heavy atom. The van der Waals surface area contributed by atoms with Gasteiger partial charge in [0, 0.05) is 28.7 Å². The van der Waals surface area contributed by atoms with Gasteiger partial charge in [0.1, 0.15) is 5.75 Å². The van der Waals surface area contributed by atoms with Crippen LogP contribution in [0, 0.1) is 0 Å². The van der Waals surface area contributed by atoms with Crippen LogP contribution in [0.2, 0.25) is 5.02 Å². The summed E-state index contributed by atoms with van der Waals surface area (Å²) in [5.74, 6) is 0.858. The maximum atomic E-state index is 12.1. The van der Waals surface area contributed by atoms with Crippen LogP contribution < -0.4 is 10.1 Å². The Morgan fingerprint density at radius 2 is 1.88 bits per heavy atom. The quantitative estimate of drug-likeness (QED) is 0.590. The minimum absolute atomic E-state index is 0.0448. The van der Waals surface area contributed by atoms with Crippen molar-refractivity contribution in [2.45, 2.75) is 19.3 Å². The number of hydrogen-bond acceptors (Lipinski definition) is 2. The van der Waals surface area contributed by atoms with Gasteiger partial charge in [-0.2, -0.15) is 0 Å². The summed E-state index contributed by atoms with van der Waals surface area (Å²) in [5.41, 5.74) is 2.09. The Balaban J connectivity index is 1.33. The van der Waals surface area contributed by atoms with E-state index in [1.807, 2.05) is 54.7 Å². The molecular weight excluding hydrogens is 336 g/mol. The third kappa shape index (κ3) is 5.00. The zero-order valence-electron chi connectivity index (χ0n) is 13.9. The number of rotatable bonds is 8. The van der Waals surface area contributed by atoms with Gasteiger partial charge in [-0.1, -0.05) is 29.8 Å². The van der Waals surface area contributed by atoms with Crippen LogP contribution in [0.15, 0.2) is 54.7 Å². The number of benzene rings is 2. The lowest BCUT2D eigenvalue weighted by Gasteiger charge is -2.07. The van der Waals surface area contributed by atoms with Gasteiger partial charge in [0.05, 0.1) is 13.0 Å². The molecule has 3 rings (SSSR count). The van der Waals surface area contributed by atoms with E-state index >= 15 is 0 Å². The molecule has 0 saturated carbocycles. The van der Waals surface area contributed by atoms with Gasteiger partial charge in [0.25, 0.3) is 0 Å². The fourth-order valence-electron chi connectivity index (χ4n) is 2.69. The fraction of sp³-hybridized carbons (Fsp3) is 0.250. The van der Waals surface area contributed by atoms with Gasteiger partial charge in [0.15, 0.2) is 0 Å². The molecule has 5 heteroatoms. The largest absolute Gasteiger partial charge is 0.494 e. The number of nitrogens with one attached hydrogen (secondary N) is 2. The first kappa shape index (κ1) is 17.4. The molecule has 0 aliphatic rings. The number of H-pyrrole nitrogens is 1. The summed E-state index contributed by atoms with van der Waals surface area (Å²) in [6.07, 6.45) is 4.07. The molecule has 1 amide bonds. The molecule has 1 heterocycles. The van der Waals surface area contributed by atoms with Crippen LogP contribution in [-0.2, 0) is 11.2 Å². The molecule has 0 unspecified atom stereocenters. The molecule has 4 nitrogen and oxygen atoms in total. The fourth-order valence-corrected chi connectivity index (χ4v) is 2.82. The second-order valence-electron chi connectivity index (χ2n) is 5.90. The van der Waals surface area contributed by atoms with Crippen molar-refractivity contribution in [3.05, 3.63) is 65.3 Å². The summed E-state index contributed by atoms with van der Waals surface area (Å²) in [4.78, 5) is 15.3. The Labute approximate surface area is 152 Å². The number of carbonyl (C=O) groups excluding carboxylic acids is 1. The average Bonchev–Trinajstić information content (AvgIpc) is 3.02. The summed E-state index contributed by atoms with van der Waals surface area (Å²) in [6.45, 7) is 1.28. The highest BCUT2D eigenvalue weighted by Gasteiger charge is 2.07. The lowest BCUT2D eigenvalue weighted by molar-refractivity contribution is -0.120. The molecule has 0 aliphatic carbocycles. The molecule has 25 heavy (non-hydrogen) atoms. The molecule has 2 N–H and O–H groups in total. The number of amides is 1. The predicted molar refractivity (Wildman–Crippen MR) is 101 cm³/mol. The summed E-state index contributed by atoms with van der Waals surface area (Å²) in [6, 6.07) is 15.3. The highest BCUT2D eigenvalue weighted by molar-refractivity contribution is 6.30. The minimum atomic E-state index is 0.0448. The summed E-state index contributed by atoms with van der Waals surface area (Å²) < 4.78 is 5.63. The van der Waals surface area contributed by atoms with E-state index in [2.05, 4.69) is 10.3 Å². The Kier molecular flexibility index (Phi) is 5.96. The van der Waals surface area contributed by atoms with Crippen molar-refractivity contribution in [1.82, 2.24) is 10.3 Å². The molecular formula is C20H21ClN2O2. The standard InChI is InChI=1S/C20H21ClN2O2/c21-16-7-9-17(10-8-16)25-12-4-3-11-22-20(24)13-15-14-23-19-6-2-1-5-18(15)19/h1-2,5-10,14,23H,3-4,11-13H2,(H,22,24). The van der Waals surface area contributed by atoms with Crippen LogP contribution in [-0.4, -0.2) is 24.0 Å². The van der Waals surface area contributed by atoms with Crippen LogP contribution in [0.1, 0.15) is 18.4 Å². The lowest BCUT2D eigenvalue weighted by atomic mass is 10.1. The third-order valence-corrected chi connectivity index (χ3v) is 4.25. The first-order chi connectivity index (χ1) is 12.2. The van der Waals surface area contributed by atoms with Crippen molar-refractivity contribution in [2.24, 2.45) is 0 Å². The van der Waals surface area contributed by atoms with E-state index in [0.29, 0.717) is 24.6 Å². The van der Waals surface area contributed by atoms with Gasteiger partial charge in [-0.15, -0.1) is 0 Å². The molecule has 0 saturated heterocycles. The van der Waals surface area contributed by atoms with E-state index in [4.69, 9.17) is 16.3 Å². The van der Waals surface area contributed by atoms with Gasteiger partial charge in [-0.3, -0.25) is 4.79 Å². The SMILES string of the molecule is O=C(Cc1c[nH]c2ccccc12)NCCCCOc1ccc(Cl)cc1. The van der Waals surface area contributed by atoms with E-state index in [1.54, 1.807) is 0 Å².